The summed E-state index contributed by atoms with van der Waals surface area (Å²) in [5.74, 6) is -2.44. The second-order valence-corrected chi connectivity index (χ2v) is 9.84. The summed E-state index contributed by atoms with van der Waals surface area (Å²) in [6.07, 6.45) is 1.53. The van der Waals surface area contributed by atoms with Crippen LogP contribution >= 0.6 is 0 Å². The van der Waals surface area contributed by atoms with E-state index in [4.69, 9.17) is 10.5 Å². The molecule has 0 aliphatic carbocycles. The van der Waals surface area contributed by atoms with Gasteiger partial charge in [0.25, 0.3) is 23.6 Å². The maximum Gasteiger partial charge on any atom is 0.262 e. The molecule has 1 fully saturated rings. The molecule has 0 spiro atoms. The third kappa shape index (κ3) is 4.24. The van der Waals surface area contributed by atoms with Crippen LogP contribution in [-0.2, 0) is 14.8 Å². The number of amides is 4. The number of hydrogen-bond donors (Lipinski definition) is 2. The number of benzene rings is 2. The Hall–Kier alpha value is -3.77. The van der Waals surface area contributed by atoms with E-state index >= 15 is 0 Å². The molecule has 0 saturated carbocycles. The Balaban J connectivity index is 1.46. The Morgan fingerprint density at radius 1 is 1.03 bits per heavy atom. The standard InChI is InChI=1S/C22H22N4O7S/c1-25-21(29)15-6-4-13(10-16(15)22(25)30)24-19(27)12-33-18-7-5-14(11-17(18)20(23)28)34(31,32)26-8-2-3-9-26/h4-7,10-11H,2-3,8-9,12H2,1H3,(H2,23,28)(H,24,27). The molecule has 12 heteroatoms. The Morgan fingerprint density at radius 3 is 2.38 bits per heavy atom. The van der Waals surface area contributed by atoms with Crippen LogP contribution in [0.3, 0.4) is 0 Å². The number of hydrogen-bond acceptors (Lipinski definition) is 7. The van der Waals surface area contributed by atoms with Gasteiger partial charge in [0, 0.05) is 25.8 Å². The molecule has 0 atom stereocenters. The molecule has 4 amide bonds. The zero-order valence-electron chi connectivity index (χ0n) is 18.2. The zero-order valence-corrected chi connectivity index (χ0v) is 19.1. The van der Waals surface area contributed by atoms with Gasteiger partial charge in [-0.25, -0.2) is 8.42 Å². The monoisotopic (exact) mass is 486 g/mol. The average molecular weight is 487 g/mol. The van der Waals surface area contributed by atoms with Gasteiger partial charge in [-0.2, -0.15) is 4.31 Å². The van der Waals surface area contributed by atoms with Gasteiger partial charge in [0.1, 0.15) is 5.75 Å². The van der Waals surface area contributed by atoms with Gasteiger partial charge < -0.3 is 15.8 Å². The van der Waals surface area contributed by atoms with E-state index in [9.17, 15) is 27.6 Å². The number of carbonyl (C=O) groups excluding carboxylic acids is 4. The van der Waals surface area contributed by atoms with Gasteiger partial charge in [-0.15, -0.1) is 0 Å². The third-order valence-corrected chi connectivity index (χ3v) is 7.55. The first-order chi connectivity index (χ1) is 16.1. The van der Waals surface area contributed by atoms with Gasteiger partial charge in [-0.3, -0.25) is 24.1 Å². The van der Waals surface area contributed by atoms with Crippen molar-refractivity contribution in [2.75, 3.05) is 32.1 Å². The topological polar surface area (TPSA) is 156 Å². The van der Waals surface area contributed by atoms with E-state index in [1.54, 1.807) is 0 Å². The number of rotatable bonds is 7. The minimum atomic E-state index is -3.77. The number of carbonyl (C=O) groups is 4. The summed E-state index contributed by atoms with van der Waals surface area (Å²) in [6.45, 7) is 0.305. The molecule has 0 unspecified atom stereocenters. The molecule has 2 aromatic carbocycles. The molecular formula is C22H22N4O7S. The number of primary amides is 1. The lowest BCUT2D eigenvalue weighted by molar-refractivity contribution is -0.118. The Morgan fingerprint density at radius 2 is 1.71 bits per heavy atom. The summed E-state index contributed by atoms with van der Waals surface area (Å²) in [5, 5.41) is 2.55. The molecule has 0 radical (unpaired) electrons. The quantitative estimate of drug-likeness (QED) is 0.549. The van der Waals surface area contributed by atoms with Crippen LogP contribution in [0.1, 0.15) is 43.9 Å². The lowest BCUT2D eigenvalue weighted by atomic mass is 10.1. The number of imide groups is 1. The number of anilines is 1. The molecule has 178 valence electrons. The summed E-state index contributed by atoms with van der Waals surface area (Å²) >= 11 is 0. The van der Waals surface area contributed by atoms with Gasteiger partial charge in [0.2, 0.25) is 10.0 Å². The lowest BCUT2D eigenvalue weighted by Gasteiger charge is -2.17. The number of nitrogens with zero attached hydrogens (tertiary/aromatic N) is 2. The van der Waals surface area contributed by atoms with Crippen molar-refractivity contribution in [1.82, 2.24) is 9.21 Å². The van der Waals surface area contributed by atoms with Crippen molar-refractivity contribution in [3.63, 3.8) is 0 Å². The largest absolute Gasteiger partial charge is 0.483 e. The normalized spacial score (nSPS) is 16.0. The molecule has 2 aliphatic rings. The van der Waals surface area contributed by atoms with Crippen LogP contribution in [0, 0.1) is 0 Å². The first-order valence-corrected chi connectivity index (χ1v) is 11.9. The molecule has 3 N–H and O–H groups in total. The number of nitrogens with one attached hydrogen (secondary N) is 1. The van der Waals surface area contributed by atoms with Crippen molar-refractivity contribution in [3.8, 4) is 5.75 Å². The van der Waals surface area contributed by atoms with Crippen LogP contribution in [0.25, 0.3) is 0 Å². The molecule has 34 heavy (non-hydrogen) atoms. The van der Waals surface area contributed by atoms with Crippen molar-refractivity contribution in [3.05, 3.63) is 53.1 Å². The highest BCUT2D eigenvalue weighted by Crippen LogP contribution is 2.27. The van der Waals surface area contributed by atoms with Crippen molar-refractivity contribution < 1.29 is 32.3 Å². The summed E-state index contributed by atoms with van der Waals surface area (Å²) in [7, 11) is -2.40. The lowest BCUT2D eigenvalue weighted by Crippen LogP contribution is -2.28. The SMILES string of the molecule is CN1C(=O)c2ccc(NC(=O)COc3ccc(S(=O)(=O)N4CCCC4)cc3C(N)=O)cc2C1=O. The molecule has 2 heterocycles. The molecule has 11 nitrogen and oxygen atoms in total. The van der Waals surface area contributed by atoms with Crippen LogP contribution < -0.4 is 15.8 Å². The summed E-state index contributed by atoms with van der Waals surface area (Å²) < 4.78 is 32.3. The number of fused-ring (bicyclic) bond motifs is 1. The summed E-state index contributed by atoms with van der Waals surface area (Å²) in [5.41, 5.74) is 5.95. The Labute approximate surface area is 195 Å². The average Bonchev–Trinajstić information content (AvgIpc) is 3.43. The molecule has 4 rings (SSSR count). The Bertz CT molecular complexity index is 1320. The minimum Gasteiger partial charge on any atom is -0.483 e. The first kappa shape index (κ1) is 23.4. The van der Waals surface area contributed by atoms with Crippen molar-refractivity contribution in [2.45, 2.75) is 17.7 Å². The van der Waals surface area contributed by atoms with E-state index < -0.39 is 40.3 Å². The second kappa shape index (κ2) is 8.88. The van der Waals surface area contributed by atoms with E-state index in [0.29, 0.717) is 13.1 Å². The molecule has 0 bridgehead atoms. The maximum atomic E-state index is 12.8. The van der Waals surface area contributed by atoms with Crippen LogP contribution in [0.15, 0.2) is 41.3 Å². The maximum absolute atomic E-state index is 12.8. The highest BCUT2D eigenvalue weighted by molar-refractivity contribution is 7.89. The molecular weight excluding hydrogens is 464 g/mol. The Kier molecular flexibility index (Phi) is 6.11. The van der Waals surface area contributed by atoms with Crippen LogP contribution in [0.2, 0.25) is 0 Å². The summed E-state index contributed by atoms with van der Waals surface area (Å²) in [4.78, 5) is 49.3. The van der Waals surface area contributed by atoms with Crippen LogP contribution in [0.4, 0.5) is 5.69 Å². The summed E-state index contributed by atoms with van der Waals surface area (Å²) in [6, 6.07) is 8.04. The van der Waals surface area contributed by atoms with Gasteiger partial charge in [-0.05, 0) is 49.2 Å². The number of sulfonamides is 1. The highest BCUT2D eigenvalue weighted by Gasteiger charge is 2.33. The highest BCUT2D eigenvalue weighted by atomic mass is 32.2. The second-order valence-electron chi connectivity index (χ2n) is 7.90. The predicted octanol–water partition coefficient (Wildman–Crippen LogP) is 0.813. The fourth-order valence-corrected chi connectivity index (χ4v) is 5.39. The van der Waals surface area contributed by atoms with Crippen molar-refractivity contribution >= 4 is 39.3 Å². The van der Waals surface area contributed by atoms with Crippen LogP contribution in [0.5, 0.6) is 5.75 Å². The van der Waals surface area contributed by atoms with Crippen molar-refractivity contribution in [2.24, 2.45) is 5.73 Å². The van der Waals surface area contributed by atoms with Gasteiger partial charge in [-0.1, -0.05) is 0 Å². The van der Waals surface area contributed by atoms with Gasteiger partial charge >= 0.3 is 0 Å². The van der Waals surface area contributed by atoms with Gasteiger partial charge in [0.15, 0.2) is 6.61 Å². The predicted molar refractivity (Wildman–Crippen MR) is 120 cm³/mol. The minimum absolute atomic E-state index is 0.0422. The fourth-order valence-electron chi connectivity index (χ4n) is 3.84. The van der Waals surface area contributed by atoms with E-state index in [0.717, 1.165) is 23.8 Å². The van der Waals surface area contributed by atoms with Crippen LogP contribution in [-0.4, -0.2) is 68.0 Å². The van der Waals surface area contributed by atoms with E-state index in [1.807, 2.05) is 0 Å². The number of ether oxygens (including phenoxy) is 1. The van der Waals surface area contributed by atoms with E-state index in [1.165, 1.54) is 41.7 Å². The smallest absolute Gasteiger partial charge is 0.262 e. The van der Waals surface area contributed by atoms with Gasteiger partial charge in [0.05, 0.1) is 21.6 Å². The molecule has 1 saturated heterocycles. The molecule has 0 aromatic heterocycles. The van der Waals surface area contributed by atoms with Crippen molar-refractivity contribution in [1.29, 1.82) is 0 Å². The van der Waals surface area contributed by atoms with E-state index in [-0.39, 0.29) is 33.0 Å². The number of nitrogens with two attached hydrogens (primary N) is 1. The molecule has 2 aliphatic heterocycles. The zero-order chi connectivity index (χ0) is 24.6. The molecule has 2 aromatic rings. The fraction of sp³-hybridized carbons (Fsp3) is 0.273. The van der Waals surface area contributed by atoms with E-state index in [2.05, 4.69) is 5.32 Å². The third-order valence-electron chi connectivity index (χ3n) is 5.65. The first-order valence-electron chi connectivity index (χ1n) is 10.4.